The highest BCUT2D eigenvalue weighted by Gasteiger charge is 2.07. The molecular weight excluding hydrogens is 278 g/mol. The van der Waals surface area contributed by atoms with E-state index in [1.807, 2.05) is 25.1 Å². The molecule has 0 unspecified atom stereocenters. The molecule has 2 aromatic carbocycles. The molecule has 0 spiro atoms. The molecule has 0 atom stereocenters. The molecule has 0 aliphatic rings. The molecule has 2 aromatic rings. The zero-order valence-corrected chi connectivity index (χ0v) is 13.2. The van der Waals surface area contributed by atoms with Crippen LogP contribution in [0.25, 0.3) is 0 Å². The van der Waals surface area contributed by atoms with Crippen molar-refractivity contribution in [2.75, 3.05) is 19.5 Å². The first-order valence-corrected chi connectivity index (χ1v) is 7.19. The minimum atomic E-state index is -0.0307. The number of carbonyl (C=O) groups is 1. The highest BCUT2D eigenvalue weighted by atomic mass is 16.5. The van der Waals surface area contributed by atoms with E-state index in [1.165, 1.54) is 11.1 Å². The summed E-state index contributed by atoms with van der Waals surface area (Å²) in [6.45, 7) is 2.05. The molecular formula is C18H21NO3. The minimum absolute atomic E-state index is 0.0307. The molecule has 116 valence electrons. The zero-order chi connectivity index (χ0) is 15.9. The Hall–Kier alpha value is -2.49. The summed E-state index contributed by atoms with van der Waals surface area (Å²) in [5, 5.41) is 2.88. The smallest absolute Gasteiger partial charge is 0.224 e. The van der Waals surface area contributed by atoms with Gasteiger partial charge in [0.2, 0.25) is 5.91 Å². The third-order valence-corrected chi connectivity index (χ3v) is 3.36. The van der Waals surface area contributed by atoms with Gasteiger partial charge in [-0.05, 0) is 18.9 Å². The van der Waals surface area contributed by atoms with Gasteiger partial charge in [0.25, 0.3) is 0 Å². The minimum Gasteiger partial charge on any atom is -0.497 e. The molecule has 0 aliphatic carbocycles. The second-order valence-electron chi connectivity index (χ2n) is 5.14. The van der Waals surface area contributed by atoms with Gasteiger partial charge in [-0.15, -0.1) is 0 Å². The molecule has 4 nitrogen and oxygen atoms in total. The summed E-state index contributed by atoms with van der Waals surface area (Å²) >= 11 is 0. The Morgan fingerprint density at radius 2 is 1.73 bits per heavy atom. The van der Waals surface area contributed by atoms with E-state index in [2.05, 4.69) is 11.4 Å². The average molecular weight is 299 g/mol. The number of carbonyl (C=O) groups excluding carboxylic acids is 1. The van der Waals surface area contributed by atoms with Crippen molar-refractivity contribution in [1.29, 1.82) is 0 Å². The second-order valence-corrected chi connectivity index (χ2v) is 5.14. The van der Waals surface area contributed by atoms with Crippen LogP contribution in [0.1, 0.15) is 17.5 Å². The van der Waals surface area contributed by atoms with Crippen LogP contribution >= 0.6 is 0 Å². The molecule has 0 saturated heterocycles. The van der Waals surface area contributed by atoms with Crippen LogP contribution in [0.4, 0.5) is 5.69 Å². The van der Waals surface area contributed by atoms with E-state index in [-0.39, 0.29) is 5.91 Å². The van der Waals surface area contributed by atoms with Gasteiger partial charge >= 0.3 is 0 Å². The van der Waals surface area contributed by atoms with Gasteiger partial charge in [0.15, 0.2) is 0 Å². The third kappa shape index (κ3) is 4.52. The Morgan fingerprint density at radius 1 is 1.05 bits per heavy atom. The number of aryl methyl sites for hydroxylation is 2. The molecule has 1 N–H and O–H groups in total. The maximum absolute atomic E-state index is 12.1. The number of benzene rings is 2. The summed E-state index contributed by atoms with van der Waals surface area (Å²) in [7, 11) is 3.16. The molecule has 0 bridgehead atoms. The number of ether oxygens (including phenoxy) is 2. The maximum Gasteiger partial charge on any atom is 0.224 e. The topological polar surface area (TPSA) is 47.6 Å². The van der Waals surface area contributed by atoms with E-state index in [0.717, 1.165) is 0 Å². The quantitative estimate of drug-likeness (QED) is 0.887. The van der Waals surface area contributed by atoms with E-state index in [0.29, 0.717) is 30.0 Å². The first-order valence-electron chi connectivity index (χ1n) is 7.19. The number of rotatable bonds is 6. The molecule has 0 radical (unpaired) electrons. The summed E-state index contributed by atoms with van der Waals surface area (Å²) in [5.41, 5.74) is 3.04. The summed E-state index contributed by atoms with van der Waals surface area (Å²) in [6.07, 6.45) is 1.15. The van der Waals surface area contributed by atoms with E-state index in [9.17, 15) is 4.79 Å². The van der Waals surface area contributed by atoms with E-state index >= 15 is 0 Å². The molecule has 0 fully saturated rings. The van der Waals surface area contributed by atoms with Gasteiger partial charge in [0.05, 0.1) is 14.2 Å². The fourth-order valence-electron chi connectivity index (χ4n) is 2.23. The predicted octanol–water partition coefficient (Wildman–Crippen LogP) is 3.58. The van der Waals surface area contributed by atoms with Crippen molar-refractivity contribution in [2.24, 2.45) is 0 Å². The van der Waals surface area contributed by atoms with Gasteiger partial charge in [-0.2, -0.15) is 0 Å². The summed E-state index contributed by atoms with van der Waals surface area (Å²) in [5.74, 6) is 1.26. The van der Waals surface area contributed by atoms with Gasteiger partial charge in [0, 0.05) is 30.3 Å². The van der Waals surface area contributed by atoms with Crippen molar-refractivity contribution >= 4 is 11.6 Å². The Morgan fingerprint density at radius 3 is 2.32 bits per heavy atom. The highest BCUT2D eigenvalue weighted by Crippen LogP contribution is 2.25. The van der Waals surface area contributed by atoms with Crippen LogP contribution in [0.15, 0.2) is 42.5 Å². The lowest BCUT2D eigenvalue weighted by molar-refractivity contribution is -0.116. The molecule has 0 saturated carbocycles. The predicted molar refractivity (Wildman–Crippen MR) is 87.7 cm³/mol. The Balaban J connectivity index is 1.97. The summed E-state index contributed by atoms with van der Waals surface area (Å²) in [6, 6.07) is 13.5. The monoisotopic (exact) mass is 299 g/mol. The number of hydrogen-bond donors (Lipinski definition) is 1. The Bertz CT molecular complexity index is 630. The van der Waals surface area contributed by atoms with Crippen LogP contribution in [-0.2, 0) is 11.2 Å². The van der Waals surface area contributed by atoms with Crippen LogP contribution in [0.2, 0.25) is 0 Å². The SMILES string of the molecule is COc1cc(NC(=O)CCc2cccc(C)c2)cc(OC)c1. The van der Waals surface area contributed by atoms with E-state index in [4.69, 9.17) is 9.47 Å². The Labute approximate surface area is 131 Å². The largest absolute Gasteiger partial charge is 0.497 e. The van der Waals surface area contributed by atoms with Gasteiger partial charge < -0.3 is 14.8 Å². The zero-order valence-electron chi connectivity index (χ0n) is 13.2. The van der Waals surface area contributed by atoms with Crippen LogP contribution in [0.3, 0.4) is 0 Å². The standard InChI is InChI=1S/C18H21NO3/c1-13-5-4-6-14(9-13)7-8-18(20)19-15-10-16(21-2)12-17(11-15)22-3/h4-6,9-12H,7-8H2,1-3H3,(H,19,20). The molecule has 0 aromatic heterocycles. The normalized spacial score (nSPS) is 10.1. The van der Waals surface area contributed by atoms with Gasteiger partial charge in [0.1, 0.15) is 11.5 Å². The first-order chi connectivity index (χ1) is 10.6. The number of anilines is 1. The first kappa shape index (κ1) is 15.9. The van der Waals surface area contributed by atoms with Crippen molar-refractivity contribution in [2.45, 2.75) is 19.8 Å². The highest BCUT2D eigenvalue weighted by molar-refractivity contribution is 5.91. The number of amides is 1. The van der Waals surface area contributed by atoms with Gasteiger partial charge in [-0.3, -0.25) is 4.79 Å². The molecule has 4 heteroatoms. The molecule has 2 rings (SSSR count). The van der Waals surface area contributed by atoms with Crippen LogP contribution < -0.4 is 14.8 Å². The maximum atomic E-state index is 12.1. The molecule has 0 heterocycles. The van der Waals surface area contributed by atoms with Crippen molar-refractivity contribution in [1.82, 2.24) is 0 Å². The van der Waals surface area contributed by atoms with Crippen LogP contribution in [0.5, 0.6) is 11.5 Å². The van der Waals surface area contributed by atoms with Crippen molar-refractivity contribution in [3.05, 3.63) is 53.6 Å². The summed E-state index contributed by atoms with van der Waals surface area (Å²) < 4.78 is 10.4. The van der Waals surface area contributed by atoms with Crippen LogP contribution in [-0.4, -0.2) is 20.1 Å². The van der Waals surface area contributed by atoms with Crippen molar-refractivity contribution < 1.29 is 14.3 Å². The van der Waals surface area contributed by atoms with Crippen molar-refractivity contribution in [3.63, 3.8) is 0 Å². The fourth-order valence-corrected chi connectivity index (χ4v) is 2.23. The summed E-state index contributed by atoms with van der Waals surface area (Å²) in [4.78, 5) is 12.1. The lowest BCUT2D eigenvalue weighted by Gasteiger charge is -2.10. The fraction of sp³-hybridized carbons (Fsp3) is 0.278. The molecule has 0 aliphatic heterocycles. The Kier molecular flexibility index (Phi) is 5.42. The third-order valence-electron chi connectivity index (χ3n) is 3.36. The van der Waals surface area contributed by atoms with E-state index in [1.54, 1.807) is 32.4 Å². The molecule has 22 heavy (non-hydrogen) atoms. The lowest BCUT2D eigenvalue weighted by atomic mass is 10.1. The number of nitrogens with one attached hydrogen (secondary N) is 1. The van der Waals surface area contributed by atoms with Gasteiger partial charge in [-0.1, -0.05) is 29.8 Å². The lowest BCUT2D eigenvalue weighted by Crippen LogP contribution is -2.12. The van der Waals surface area contributed by atoms with Gasteiger partial charge in [-0.25, -0.2) is 0 Å². The van der Waals surface area contributed by atoms with Crippen molar-refractivity contribution in [3.8, 4) is 11.5 Å². The number of methoxy groups -OCH3 is 2. The second kappa shape index (κ2) is 7.50. The molecule has 1 amide bonds. The average Bonchev–Trinajstić information content (AvgIpc) is 2.52. The number of hydrogen-bond acceptors (Lipinski definition) is 3. The van der Waals surface area contributed by atoms with E-state index < -0.39 is 0 Å². The van der Waals surface area contributed by atoms with Crippen LogP contribution in [0, 0.1) is 6.92 Å².